The standard InChI is InChI=1S/C18H15N3O5S/c22-16(19-13-7-4-8-14(9-13)21(25)26)10-15-17(23)20(18(24)27-15)11-12-5-2-1-3-6-12/h1-9,15H,10-11H2,(H,19,22)/t15-/m1/s1. The van der Waals surface area contributed by atoms with Gasteiger partial charge in [0.2, 0.25) is 11.8 Å². The number of amides is 3. The fraction of sp³-hybridized carbons (Fsp3) is 0.167. The van der Waals surface area contributed by atoms with Crippen molar-refractivity contribution in [2.24, 2.45) is 0 Å². The molecule has 1 saturated heterocycles. The van der Waals surface area contributed by atoms with Crippen molar-refractivity contribution in [2.75, 3.05) is 5.32 Å². The predicted octanol–water partition coefficient (Wildman–Crippen LogP) is 3.19. The number of imide groups is 1. The third-order valence-corrected chi connectivity index (χ3v) is 4.97. The van der Waals surface area contributed by atoms with Crippen molar-refractivity contribution in [3.05, 3.63) is 70.3 Å². The van der Waals surface area contributed by atoms with Gasteiger partial charge in [-0.15, -0.1) is 0 Å². The van der Waals surface area contributed by atoms with Crippen LogP contribution >= 0.6 is 11.8 Å². The van der Waals surface area contributed by atoms with Crippen LogP contribution in [0.15, 0.2) is 54.6 Å². The molecular weight excluding hydrogens is 370 g/mol. The summed E-state index contributed by atoms with van der Waals surface area (Å²) < 4.78 is 0. The van der Waals surface area contributed by atoms with Crippen LogP contribution in [0, 0.1) is 10.1 Å². The number of benzene rings is 2. The van der Waals surface area contributed by atoms with E-state index in [1.807, 2.05) is 30.3 Å². The summed E-state index contributed by atoms with van der Waals surface area (Å²) in [4.78, 5) is 48.1. The Morgan fingerprint density at radius 1 is 1.15 bits per heavy atom. The van der Waals surface area contributed by atoms with Crippen LogP contribution < -0.4 is 5.32 Å². The fourth-order valence-corrected chi connectivity index (χ4v) is 3.60. The van der Waals surface area contributed by atoms with Crippen LogP contribution in [-0.2, 0) is 16.1 Å². The third kappa shape index (κ3) is 4.50. The molecule has 138 valence electrons. The Bertz CT molecular complexity index is 903. The first-order valence-electron chi connectivity index (χ1n) is 8.04. The number of hydrogen-bond acceptors (Lipinski definition) is 6. The number of anilines is 1. The Morgan fingerprint density at radius 3 is 2.59 bits per heavy atom. The van der Waals surface area contributed by atoms with Gasteiger partial charge in [0.05, 0.1) is 11.5 Å². The minimum absolute atomic E-state index is 0.150. The van der Waals surface area contributed by atoms with E-state index in [0.717, 1.165) is 22.2 Å². The number of nitro groups is 1. The Hall–Kier alpha value is -3.20. The maximum absolute atomic E-state index is 12.5. The molecule has 2 aromatic rings. The van der Waals surface area contributed by atoms with Crippen molar-refractivity contribution in [1.82, 2.24) is 4.90 Å². The second kappa shape index (κ2) is 8.00. The number of rotatable bonds is 6. The van der Waals surface area contributed by atoms with E-state index in [0.29, 0.717) is 0 Å². The summed E-state index contributed by atoms with van der Waals surface area (Å²) in [6, 6.07) is 14.6. The monoisotopic (exact) mass is 385 g/mol. The van der Waals surface area contributed by atoms with Gasteiger partial charge >= 0.3 is 0 Å². The smallest absolute Gasteiger partial charge is 0.289 e. The van der Waals surface area contributed by atoms with Crippen LogP contribution in [0.2, 0.25) is 0 Å². The van der Waals surface area contributed by atoms with Gasteiger partial charge in [0.25, 0.3) is 10.9 Å². The molecule has 0 aromatic heterocycles. The van der Waals surface area contributed by atoms with Gasteiger partial charge in [0.15, 0.2) is 0 Å². The van der Waals surface area contributed by atoms with Gasteiger partial charge in [-0.05, 0) is 11.6 Å². The summed E-state index contributed by atoms with van der Waals surface area (Å²) in [7, 11) is 0. The molecule has 1 fully saturated rings. The molecule has 1 heterocycles. The number of carbonyl (C=O) groups is 3. The van der Waals surface area contributed by atoms with Crippen LogP contribution in [-0.4, -0.2) is 32.1 Å². The summed E-state index contributed by atoms with van der Waals surface area (Å²) >= 11 is 0.816. The molecule has 0 aliphatic carbocycles. The van der Waals surface area contributed by atoms with E-state index in [1.54, 1.807) is 0 Å². The molecule has 8 nitrogen and oxygen atoms in total. The Morgan fingerprint density at radius 2 is 1.89 bits per heavy atom. The van der Waals surface area contributed by atoms with Crippen molar-refractivity contribution in [3.8, 4) is 0 Å². The zero-order valence-corrected chi connectivity index (χ0v) is 14.8. The lowest BCUT2D eigenvalue weighted by molar-refractivity contribution is -0.384. The molecule has 1 atom stereocenters. The lowest BCUT2D eigenvalue weighted by Gasteiger charge is -2.13. The fourth-order valence-electron chi connectivity index (χ4n) is 2.61. The normalized spacial score (nSPS) is 16.4. The molecule has 2 aromatic carbocycles. The molecule has 0 unspecified atom stereocenters. The highest BCUT2D eigenvalue weighted by Gasteiger charge is 2.40. The highest BCUT2D eigenvalue weighted by atomic mass is 32.2. The van der Waals surface area contributed by atoms with Gasteiger partial charge in [-0.3, -0.25) is 29.4 Å². The topological polar surface area (TPSA) is 110 Å². The molecule has 0 spiro atoms. The SMILES string of the molecule is O=C(C[C@H]1SC(=O)N(Cc2ccccc2)C1=O)Nc1cccc([N+](=O)[O-])c1. The maximum atomic E-state index is 12.5. The predicted molar refractivity (Wildman–Crippen MR) is 100 cm³/mol. The Kier molecular flexibility index (Phi) is 5.51. The van der Waals surface area contributed by atoms with E-state index in [-0.39, 0.29) is 24.3 Å². The van der Waals surface area contributed by atoms with Crippen molar-refractivity contribution >= 4 is 40.2 Å². The first-order chi connectivity index (χ1) is 12.9. The number of hydrogen-bond donors (Lipinski definition) is 1. The second-order valence-electron chi connectivity index (χ2n) is 5.84. The van der Waals surface area contributed by atoms with Gasteiger partial charge < -0.3 is 5.32 Å². The van der Waals surface area contributed by atoms with Crippen LogP contribution in [0.4, 0.5) is 16.2 Å². The quantitative estimate of drug-likeness (QED) is 0.604. The number of nitrogens with one attached hydrogen (secondary N) is 1. The minimum atomic E-state index is -0.806. The molecule has 3 amide bonds. The molecule has 3 rings (SSSR count). The van der Waals surface area contributed by atoms with E-state index < -0.39 is 27.2 Å². The first kappa shape index (κ1) is 18.6. The Labute approximate surface area is 158 Å². The van der Waals surface area contributed by atoms with E-state index >= 15 is 0 Å². The summed E-state index contributed by atoms with van der Waals surface area (Å²) in [6.07, 6.45) is -0.191. The molecule has 0 radical (unpaired) electrons. The number of nitrogens with zero attached hydrogens (tertiary/aromatic N) is 2. The number of carbonyl (C=O) groups excluding carboxylic acids is 3. The first-order valence-corrected chi connectivity index (χ1v) is 8.92. The van der Waals surface area contributed by atoms with Crippen molar-refractivity contribution in [2.45, 2.75) is 18.2 Å². The lowest BCUT2D eigenvalue weighted by Crippen LogP contribution is -2.32. The van der Waals surface area contributed by atoms with Crippen LogP contribution in [0.1, 0.15) is 12.0 Å². The van der Waals surface area contributed by atoms with Crippen molar-refractivity contribution < 1.29 is 19.3 Å². The molecule has 1 aliphatic heterocycles. The van der Waals surface area contributed by atoms with Crippen molar-refractivity contribution in [3.63, 3.8) is 0 Å². The molecule has 1 N–H and O–H groups in total. The minimum Gasteiger partial charge on any atom is -0.326 e. The van der Waals surface area contributed by atoms with E-state index in [4.69, 9.17) is 0 Å². The van der Waals surface area contributed by atoms with Gasteiger partial charge in [-0.25, -0.2) is 0 Å². The largest absolute Gasteiger partial charge is 0.326 e. The lowest BCUT2D eigenvalue weighted by atomic mass is 10.2. The summed E-state index contributed by atoms with van der Waals surface area (Å²) in [5.41, 5.74) is 0.932. The van der Waals surface area contributed by atoms with E-state index in [9.17, 15) is 24.5 Å². The zero-order chi connectivity index (χ0) is 19.4. The molecule has 0 saturated carbocycles. The van der Waals surface area contributed by atoms with Crippen LogP contribution in [0.3, 0.4) is 0 Å². The third-order valence-electron chi connectivity index (χ3n) is 3.90. The van der Waals surface area contributed by atoms with Crippen LogP contribution in [0.25, 0.3) is 0 Å². The Balaban J connectivity index is 1.61. The van der Waals surface area contributed by atoms with Gasteiger partial charge in [-0.2, -0.15) is 0 Å². The maximum Gasteiger partial charge on any atom is 0.289 e. The number of non-ortho nitro benzene ring substituents is 1. The second-order valence-corrected chi connectivity index (χ2v) is 7.00. The molecule has 1 aliphatic rings. The van der Waals surface area contributed by atoms with E-state index in [2.05, 4.69) is 5.32 Å². The molecular formula is C18H15N3O5S. The van der Waals surface area contributed by atoms with Gasteiger partial charge in [0, 0.05) is 24.2 Å². The zero-order valence-electron chi connectivity index (χ0n) is 14.0. The summed E-state index contributed by atoms with van der Waals surface area (Å²) in [6.45, 7) is 0.161. The summed E-state index contributed by atoms with van der Waals surface area (Å²) in [5, 5.41) is 12.1. The average molecular weight is 385 g/mol. The van der Waals surface area contributed by atoms with Gasteiger partial charge in [-0.1, -0.05) is 48.2 Å². The number of thioether (sulfide) groups is 1. The highest BCUT2D eigenvalue weighted by molar-refractivity contribution is 8.15. The van der Waals surface area contributed by atoms with Gasteiger partial charge in [0.1, 0.15) is 5.25 Å². The van der Waals surface area contributed by atoms with E-state index in [1.165, 1.54) is 24.3 Å². The average Bonchev–Trinajstić information content (AvgIpc) is 2.90. The summed E-state index contributed by atoms with van der Waals surface area (Å²) in [5.74, 6) is -0.904. The number of nitro benzene ring substituents is 1. The molecule has 27 heavy (non-hydrogen) atoms. The van der Waals surface area contributed by atoms with Crippen molar-refractivity contribution in [1.29, 1.82) is 0 Å². The highest BCUT2D eigenvalue weighted by Crippen LogP contribution is 2.31. The molecule has 0 bridgehead atoms. The van der Waals surface area contributed by atoms with Crippen LogP contribution in [0.5, 0.6) is 0 Å². The molecule has 9 heteroatoms.